The first-order valence-electron chi connectivity index (χ1n) is 5.01. The van der Waals surface area contributed by atoms with Gasteiger partial charge in [-0.05, 0) is 12.8 Å². The first-order chi connectivity index (χ1) is 7.08. The summed E-state index contributed by atoms with van der Waals surface area (Å²) in [6.45, 7) is 6.14. The Morgan fingerprint density at radius 3 is 2.73 bits per heavy atom. The highest BCUT2D eigenvalue weighted by Crippen LogP contribution is 2.16. The lowest BCUT2D eigenvalue weighted by molar-refractivity contribution is 0.488. The van der Waals surface area contributed by atoms with Gasteiger partial charge in [-0.15, -0.1) is 10.2 Å². The third-order valence-electron chi connectivity index (χ3n) is 2.46. The van der Waals surface area contributed by atoms with E-state index in [9.17, 15) is 0 Å². The van der Waals surface area contributed by atoms with Crippen LogP contribution in [0, 0.1) is 12.8 Å². The maximum atomic E-state index is 6.00. The molecule has 15 heavy (non-hydrogen) atoms. The molecule has 0 aliphatic carbocycles. The van der Waals surface area contributed by atoms with E-state index >= 15 is 0 Å². The second-order valence-corrected chi connectivity index (χ2v) is 5.09. The van der Waals surface area contributed by atoms with E-state index in [0.29, 0.717) is 5.92 Å². The van der Waals surface area contributed by atoms with Crippen LogP contribution in [-0.2, 0) is 6.42 Å². The largest absolute Gasteiger partial charge is 0.327 e. The monoisotopic (exact) mass is 225 g/mol. The van der Waals surface area contributed by atoms with Gasteiger partial charge in [0.1, 0.15) is 5.01 Å². The summed E-state index contributed by atoms with van der Waals surface area (Å²) in [7, 11) is 0. The molecule has 0 amide bonds. The van der Waals surface area contributed by atoms with Crippen LogP contribution in [0.1, 0.15) is 24.7 Å². The summed E-state index contributed by atoms with van der Waals surface area (Å²) in [6, 6.07) is 0.161. The Bertz CT molecular complexity index is 458. The molecular weight excluding hydrogens is 210 g/mol. The summed E-state index contributed by atoms with van der Waals surface area (Å²) >= 11 is 1.56. The van der Waals surface area contributed by atoms with E-state index in [1.165, 1.54) is 0 Å². The Balaban J connectivity index is 2.22. The van der Waals surface area contributed by atoms with Gasteiger partial charge in [-0.2, -0.15) is 9.61 Å². The standard InChI is InChI=1S/C9H15N5S/c1-5(2)7(10)4-8-13-14-6(3)11-12-9(14)15-8/h5,7H,4,10H2,1-3H3. The van der Waals surface area contributed by atoms with Crippen LogP contribution in [-0.4, -0.2) is 25.9 Å². The molecule has 0 saturated heterocycles. The zero-order valence-corrected chi connectivity index (χ0v) is 9.95. The molecule has 0 bridgehead atoms. The van der Waals surface area contributed by atoms with E-state index in [1.807, 2.05) is 6.92 Å². The van der Waals surface area contributed by atoms with Gasteiger partial charge in [0.15, 0.2) is 5.82 Å². The third kappa shape index (κ3) is 2.00. The van der Waals surface area contributed by atoms with Crippen molar-refractivity contribution >= 4 is 16.3 Å². The van der Waals surface area contributed by atoms with Crippen molar-refractivity contribution < 1.29 is 0 Å². The van der Waals surface area contributed by atoms with Crippen molar-refractivity contribution in [2.45, 2.75) is 33.2 Å². The van der Waals surface area contributed by atoms with E-state index in [1.54, 1.807) is 15.9 Å². The first-order valence-corrected chi connectivity index (χ1v) is 5.83. The van der Waals surface area contributed by atoms with Gasteiger partial charge in [-0.25, -0.2) is 0 Å². The second kappa shape index (κ2) is 3.86. The Hall–Kier alpha value is -1.01. The summed E-state index contributed by atoms with van der Waals surface area (Å²) in [5.41, 5.74) is 6.00. The van der Waals surface area contributed by atoms with Crippen LogP contribution in [0.4, 0.5) is 0 Å². The normalized spacial score (nSPS) is 13.9. The summed E-state index contributed by atoms with van der Waals surface area (Å²) in [4.78, 5) is 0.846. The van der Waals surface area contributed by atoms with E-state index in [0.717, 1.165) is 22.2 Å². The third-order valence-corrected chi connectivity index (χ3v) is 3.38. The maximum Gasteiger partial charge on any atom is 0.234 e. The second-order valence-electron chi connectivity index (χ2n) is 4.05. The number of fused-ring (bicyclic) bond motifs is 1. The van der Waals surface area contributed by atoms with Gasteiger partial charge < -0.3 is 5.73 Å². The molecule has 0 aliphatic heterocycles. The van der Waals surface area contributed by atoms with Crippen LogP contribution in [0.2, 0.25) is 0 Å². The summed E-state index contributed by atoms with van der Waals surface area (Å²) < 4.78 is 1.77. The fraction of sp³-hybridized carbons (Fsp3) is 0.667. The van der Waals surface area contributed by atoms with Crippen molar-refractivity contribution in [3.63, 3.8) is 0 Å². The van der Waals surface area contributed by atoms with Crippen LogP contribution < -0.4 is 5.73 Å². The molecular formula is C9H15N5S. The molecule has 6 heteroatoms. The minimum absolute atomic E-state index is 0.161. The Kier molecular flexibility index (Phi) is 2.70. The lowest BCUT2D eigenvalue weighted by Crippen LogP contribution is -2.28. The smallest absolute Gasteiger partial charge is 0.234 e. The van der Waals surface area contributed by atoms with Crippen molar-refractivity contribution in [1.29, 1.82) is 0 Å². The van der Waals surface area contributed by atoms with Gasteiger partial charge in [0.05, 0.1) is 0 Å². The first kappa shape index (κ1) is 10.5. The highest BCUT2D eigenvalue weighted by atomic mass is 32.1. The molecule has 1 atom stereocenters. The zero-order chi connectivity index (χ0) is 11.0. The number of hydrogen-bond donors (Lipinski definition) is 1. The lowest BCUT2D eigenvalue weighted by Gasteiger charge is -2.12. The number of rotatable bonds is 3. The van der Waals surface area contributed by atoms with Crippen molar-refractivity contribution in [3.8, 4) is 0 Å². The van der Waals surface area contributed by atoms with Crippen molar-refractivity contribution in [2.75, 3.05) is 0 Å². The molecule has 2 aromatic heterocycles. The van der Waals surface area contributed by atoms with Crippen molar-refractivity contribution in [2.24, 2.45) is 11.7 Å². The fourth-order valence-electron chi connectivity index (χ4n) is 1.27. The van der Waals surface area contributed by atoms with Gasteiger partial charge in [0.2, 0.25) is 4.96 Å². The molecule has 1 unspecified atom stereocenters. The molecule has 0 aromatic carbocycles. The van der Waals surface area contributed by atoms with E-state index in [2.05, 4.69) is 29.1 Å². The summed E-state index contributed by atoms with van der Waals surface area (Å²) in [5.74, 6) is 1.30. The Labute approximate surface area is 92.3 Å². The predicted molar refractivity (Wildman–Crippen MR) is 59.9 cm³/mol. The van der Waals surface area contributed by atoms with Crippen LogP contribution in [0.15, 0.2) is 0 Å². The minimum atomic E-state index is 0.161. The maximum absolute atomic E-state index is 6.00. The average molecular weight is 225 g/mol. The Morgan fingerprint density at radius 2 is 2.13 bits per heavy atom. The molecule has 2 aromatic rings. The zero-order valence-electron chi connectivity index (χ0n) is 9.14. The van der Waals surface area contributed by atoms with Crippen molar-refractivity contribution in [1.82, 2.24) is 19.8 Å². The lowest BCUT2D eigenvalue weighted by atomic mass is 10.0. The van der Waals surface area contributed by atoms with Gasteiger partial charge in [-0.3, -0.25) is 0 Å². The van der Waals surface area contributed by atoms with Crippen LogP contribution in [0.3, 0.4) is 0 Å². The van der Waals surface area contributed by atoms with Crippen LogP contribution in [0.25, 0.3) is 4.96 Å². The molecule has 0 radical (unpaired) electrons. The SMILES string of the molecule is Cc1nnc2sc(CC(N)C(C)C)nn12. The number of aromatic nitrogens is 4. The number of nitrogens with two attached hydrogens (primary N) is 1. The number of aryl methyl sites for hydroxylation is 1. The minimum Gasteiger partial charge on any atom is -0.327 e. The van der Waals surface area contributed by atoms with Gasteiger partial charge in [0.25, 0.3) is 0 Å². The average Bonchev–Trinajstić information content (AvgIpc) is 2.69. The van der Waals surface area contributed by atoms with Crippen molar-refractivity contribution in [3.05, 3.63) is 10.8 Å². The highest BCUT2D eigenvalue weighted by Gasteiger charge is 2.13. The molecule has 0 spiro atoms. The highest BCUT2D eigenvalue weighted by molar-refractivity contribution is 7.16. The summed E-state index contributed by atoms with van der Waals surface area (Å²) in [5, 5.41) is 13.4. The predicted octanol–water partition coefficient (Wildman–Crippen LogP) is 1.02. The topological polar surface area (TPSA) is 69.1 Å². The molecule has 2 heterocycles. The molecule has 2 rings (SSSR count). The molecule has 0 aliphatic rings. The van der Waals surface area contributed by atoms with Crippen LogP contribution >= 0.6 is 11.3 Å². The van der Waals surface area contributed by atoms with E-state index in [-0.39, 0.29) is 6.04 Å². The number of nitrogens with zero attached hydrogens (tertiary/aromatic N) is 4. The summed E-state index contributed by atoms with van der Waals surface area (Å²) in [6.07, 6.45) is 0.811. The number of hydrogen-bond acceptors (Lipinski definition) is 5. The molecule has 82 valence electrons. The quantitative estimate of drug-likeness (QED) is 0.846. The van der Waals surface area contributed by atoms with E-state index in [4.69, 9.17) is 5.73 Å². The Morgan fingerprint density at radius 1 is 1.40 bits per heavy atom. The molecule has 0 saturated carbocycles. The molecule has 0 fully saturated rings. The van der Waals surface area contributed by atoms with Gasteiger partial charge in [0, 0.05) is 12.5 Å². The van der Waals surface area contributed by atoms with Gasteiger partial charge >= 0.3 is 0 Å². The fourth-order valence-corrected chi connectivity index (χ4v) is 2.22. The van der Waals surface area contributed by atoms with Gasteiger partial charge in [-0.1, -0.05) is 25.2 Å². The van der Waals surface area contributed by atoms with E-state index < -0.39 is 0 Å². The molecule has 5 nitrogen and oxygen atoms in total. The molecule has 2 N–H and O–H groups in total. The van der Waals surface area contributed by atoms with Crippen LogP contribution in [0.5, 0.6) is 0 Å².